The third-order valence-corrected chi connectivity index (χ3v) is 4.83. The first-order chi connectivity index (χ1) is 11.1. The number of fused-ring (bicyclic) bond motifs is 1. The molecule has 23 heavy (non-hydrogen) atoms. The zero-order valence-corrected chi connectivity index (χ0v) is 13.3. The fourth-order valence-electron chi connectivity index (χ4n) is 2.48. The van der Waals surface area contributed by atoms with Crippen LogP contribution in [0.2, 0.25) is 0 Å². The van der Waals surface area contributed by atoms with Crippen LogP contribution in [0, 0.1) is 18.2 Å². The van der Waals surface area contributed by atoms with Gasteiger partial charge in [-0.25, -0.2) is 4.39 Å². The van der Waals surface area contributed by atoms with E-state index in [1.165, 1.54) is 35.0 Å². The van der Waals surface area contributed by atoms with Gasteiger partial charge in [-0.15, -0.1) is 11.8 Å². The minimum Gasteiger partial charge on any atom is -0.316 e. The maximum atomic E-state index is 13.6. The molecule has 0 saturated carbocycles. The van der Waals surface area contributed by atoms with Gasteiger partial charge in [0.1, 0.15) is 5.82 Å². The Hall–Kier alpha value is -2.40. The molecule has 116 valence electrons. The molecule has 0 spiro atoms. The number of benzene rings is 2. The summed E-state index contributed by atoms with van der Waals surface area (Å²) in [5.74, 6) is 0.316. The van der Waals surface area contributed by atoms with Crippen LogP contribution in [-0.2, 0) is 5.75 Å². The van der Waals surface area contributed by atoms with Gasteiger partial charge in [-0.2, -0.15) is 0 Å². The van der Waals surface area contributed by atoms with E-state index in [1.54, 1.807) is 6.07 Å². The molecule has 3 aromatic rings. The molecule has 0 saturated heterocycles. The lowest BCUT2D eigenvalue weighted by Crippen LogP contribution is -2.13. The Labute approximate surface area is 137 Å². The second kappa shape index (κ2) is 6.38. The van der Waals surface area contributed by atoms with Gasteiger partial charge in [-0.3, -0.25) is 4.79 Å². The van der Waals surface area contributed by atoms with Crippen molar-refractivity contribution in [3.63, 3.8) is 0 Å². The molecule has 0 amide bonds. The molecule has 0 aliphatic rings. The zero-order valence-electron chi connectivity index (χ0n) is 12.5. The molecular weight excluding hydrogens is 311 g/mol. The molecule has 0 bridgehead atoms. The number of rotatable bonds is 4. The standard InChI is InChI=1S/C18H15FN2OS/c1-11-4-2-3-5-12(11)10-23-18-15-8-13(19)6-7-14(15)16(9-20)17(22)21-18/h2-9,20H,10H2,1H3,(H,21,22). The first-order valence-electron chi connectivity index (χ1n) is 7.13. The number of nitrogens with one attached hydrogen (secondary N) is 2. The smallest absolute Gasteiger partial charge is 0.258 e. The van der Waals surface area contributed by atoms with Gasteiger partial charge in [-0.05, 0) is 35.6 Å². The summed E-state index contributed by atoms with van der Waals surface area (Å²) < 4.78 is 13.6. The van der Waals surface area contributed by atoms with Crippen LogP contribution in [0.15, 0.2) is 52.3 Å². The molecule has 0 aliphatic heterocycles. The Morgan fingerprint density at radius 1 is 1.22 bits per heavy atom. The Balaban J connectivity index is 2.07. The molecule has 0 atom stereocenters. The molecule has 0 radical (unpaired) electrons. The Morgan fingerprint density at radius 2 is 2.00 bits per heavy atom. The van der Waals surface area contributed by atoms with Crippen molar-refractivity contribution in [3.05, 3.63) is 75.3 Å². The maximum Gasteiger partial charge on any atom is 0.258 e. The highest BCUT2D eigenvalue weighted by Gasteiger charge is 2.11. The van der Waals surface area contributed by atoms with Crippen LogP contribution in [0.3, 0.4) is 0 Å². The van der Waals surface area contributed by atoms with E-state index in [0.29, 0.717) is 21.6 Å². The molecule has 3 rings (SSSR count). The van der Waals surface area contributed by atoms with Crippen molar-refractivity contribution in [2.45, 2.75) is 17.7 Å². The minimum atomic E-state index is -0.363. The first-order valence-corrected chi connectivity index (χ1v) is 8.12. The van der Waals surface area contributed by atoms with Crippen molar-refractivity contribution in [1.82, 2.24) is 4.98 Å². The summed E-state index contributed by atoms with van der Waals surface area (Å²) in [7, 11) is 0. The first kappa shape index (κ1) is 15.5. The third kappa shape index (κ3) is 3.05. The van der Waals surface area contributed by atoms with Crippen LogP contribution >= 0.6 is 11.8 Å². The molecule has 5 heteroatoms. The quantitative estimate of drug-likeness (QED) is 0.556. The van der Waals surface area contributed by atoms with E-state index in [-0.39, 0.29) is 16.9 Å². The Morgan fingerprint density at radius 3 is 2.74 bits per heavy atom. The van der Waals surface area contributed by atoms with Crippen molar-refractivity contribution in [2.24, 2.45) is 0 Å². The molecule has 0 fully saturated rings. The number of halogens is 1. The van der Waals surface area contributed by atoms with E-state index in [1.807, 2.05) is 31.2 Å². The molecule has 1 aromatic heterocycles. The summed E-state index contributed by atoms with van der Waals surface area (Å²) >= 11 is 1.46. The normalized spacial score (nSPS) is 10.9. The molecule has 1 heterocycles. The number of pyridine rings is 1. The molecule has 2 aromatic carbocycles. The number of aromatic amines is 1. The van der Waals surface area contributed by atoms with E-state index in [4.69, 9.17) is 5.41 Å². The molecular formula is C18H15FN2OS. The van der Waals surface area contributed by atoms with Crippen LogP contribution < -0.4 is 5.56 Å². The van der Waals surface area contributed by atoms with Gasteiger partial charge in [0.2, 0.25) is 0 Å². The lowest BCUT2D eigenvalue weighted by atomic mass is 10.1. The lowest BCUT2D eigenvalue weighted by molar-refractivity contribution is 0.629. The van der Waals surface area contributed by atoms with Gasteiger partial charge in [0.25, 0.3) is 5.56 Å². The largest absolute Gasteiger partial charge is 0.316 e. The summed E-state index contributed by atoms with van der Waals surface area (Å²) in [6.07, 6.45) is 1.01. The highest BCUT2D eigenvalue weighted by molar-refractivity contribution is 7.98. The molecule has 0 aliphatic carbocycles. The summed E-state index contributed by atoms with van der Waals surface area (Å²) in [6, 6.07) is 12.3. The summed E-state index contributed by atoms with van der Waals surface area (Å²) in [5, 5.41) is 9.25. The van der Waals surface area contributed by atoms with Gasteiger partial charge < -0.3 is 10.4 Å². The molecule has 3 nitrogen and oxygen atoms in total. The fourth-order valence-corrected chi connectivity index (χ4v) is 3.59. The van der Waals surface area contributed by atoms with Gasteiger partial charge in [-0.1, -0.05) is 30.3 Å². The van der Waals surface area contributed by atoms with E-state index in [9.17, 15) is 9.18 Å². The van der Waals surface area contributed by atoms with Crippen molar-refractivity contribution >= 4 is 28.7 Å². The fraction of sp³-hybridized carbons (Fsp3) is 0.111. The zero-order chi connectivity index (χ0) is 16.4. The van der Waals surface area contributed by atoms with Crippen molar-refractivity contribution in [1.29, 1.82) is 5.41 Å². The summed E-state index contributed by atoms with van der Waals surface area (Å²) in [6.45, 7) is 2.04. The lowest BCUT2D eigenvalue weighted by Gasteiger charge is -2.10. The van der Waals surface area contributed by atoms with Gasteiger partial charge >= 0.3 is 0 Å². The number of aryl methyl sites for hydroxylation is 1. The number of thioether (sulfide) groups is 1. The number of hydrogen-bond donors (Lipinski definition) is 2. The van der Waals surface area contributed by atoms with E-state index >= 15 is 0 Å². The van der Waals surface area contributed by atoms with E-state index in [2.05, 4.69) is 4.98 Å². The van der Waals surface area contributed by atoms with E-state index < -0.39 is 0 Å². The topological polar surface area (TPSA) is 56.7 Å². The third-order valence-electron chi connectivity index (χ3n) is 3.77. The van der Waals surface area contributed by atoms with Gasteiger partial charge in [0, 0.05) is 17.4 Å². The average Bonchev–Trinajstić information content (AvgIpc) is 2.54. The van der Waals surface area contributed by atoms with Crippen molar-refractivity contribution < 1.29 is 4.39 Å². The number of H-pyrrole nitrogens is 1. The summed E-state index contributed by atoms with van der Waals surface area (Å²) in [4.78, 5) is 14.9. The molecule has 2 N–H and O–H groups in total. The highest BCUT2D eigenvalue weighted by atomic mass is 32.2. The van der Waals surface area contributed by atoms with Crippen LogP contribution in [0.25, 0.3) is 10.8 Å². The second-order valence-corrected chi connectivity index (χ2v) is 6.23. The monoisotopic (exact) mass is 326 g/mol. The van der Waals surface area contributed by atoms with Crippen LogP contribution in [0.1, 0.15) is 16.7 Å². The number of aromatic nitrogens is 1. The second-order valence-electron chi connectivity index (χ2n) is 5.25. The van der Waals surface area contributed by atoms with E-state index in [0.717, 1.165) is 6.21 Å². The summed E-state index contributed by atoms with van der Waals surface area (Å²) in [5.41, 5.74) is 2.26. The highest BCUT2D eigenvalue weighted by Crippen LogP contribution is 2.29. The maximum absolute atomic E-state index is 13.6. The van der Waals surface area contributed by atoms with Crippen LogP contribution in [0.5, 0.6) is 0 Å². The predicted molar refractivity (Wildman–Crippen MR) is 93.2 cm³/mol. The Kier molecular flexibility index (Phi) is 4.30. The van der Waals surface area contributed by atoms with Gasteiger partial charge in [0.05, 0.1) is 10.6 Å². The predicted octanol–water partition coefficient (Wildman–Crippen LogP) is 4.27. The van der Waals surface area contributed by atoms with Crippen molar-refractivity contribution in [2.75, 3.05) is 0 Å². The van der Waals surface area contributed by atoms with Crippen molar-refractivity contribution in [3.8, 4) is 0 Å². The SMILES string of the molecule is Cc1ccccc1CSc1[nH]c(=O)c(C=N)c2ccc(F)cc12. The average molecular weight is 326 g/mol. The Bertz CT molecular complexity index is 949. The number of hydrogen-bond acceptors (Lipinski definition) is 3. The minimum absolute atomic E-state index is 0.250. The molecule has 0 unspecified atom stereocenters. The van der Waals surface area contributed by atoms with Gasteiger partial charge in [0.15, 0.2) is 0 Å². The van der Waals surface area contributed by atoms with Crippen LogP contribution in [-0.4, -0.2) is 11.2 Å². The van der Waals surface area contributed by atoms with Crippen LogP contribution in [0.4, 0.5) is 4.39 Å².